The normalized spacial score (nSPS) is 15.6. The van der Waals surface area contributed by atoms with Crippen LogP contribution in [0.5, 0.6) is 0 Å². The van der Waals surface area contributed by atoms with Crippen LogP contribution < -0.4 is 5.73 Å². The summed E-state index contributed by atoms with van der Waals surface area (Å²) in [6, 6.07) is 27.8. The van der Waals surface area contributed by atoms with Gasteiger partial charge in [0.15, 0.2) is 0 Å². The van der Waals surface area contributed by atoms with Crippen molar-refractivity contribution in [2.75, 3.05) is 25.4 Å². The van der Waals surface area contributed by atoms with Crippen LogP contribution in [0.3, 0.4) is 0 Å². The van der Waals surface area contributed by atoms with Crippen molar-refractivity contribution in [2.24, 2.45) is 0 Å². The second kappa shape index (κ2) is 8.37. The Morgan fingerprint density at radius 2 is 1.63 bits per heavy atom. The summed E-state index contributed by atoms with van der Waals surface area (Å²) < 4.78 is 0. The summed E-state index contributed by atoms with van der Waals surface area (Å²) in [5.41, 5.74) is 13.5. The summed E-state index contributed by atoms with van der Waals surface area (Å²) in [6.45, 7) is 3.47. The molecule has 0 saturated carbocycles. The van der Waals surface area contributed by atoms with Crippen molar-refractivity contribution in [1.82, 2.24) is 9.88 Å². The molecule has 3 heteroatoms. The van der Waals surface area contributed by atoms with Gasteiger partial charge in [-0.05, 0) is 67.6 Å². The van der Waals surface area contributed by atoms with Crippen molar-refractivity contribution in [3.63, 3.8) is 0 Å². The van der Waals surface area contributed by atoms with Gasteiger partial charge in [0, 0.05) is 28.7 Å². The van der Waals surface area contributed by atoms with Crippen LogP contribution in [0.2, 0.25) is 0 Å². The zero-order chi connectivity index (χ0) is 20.3. The fourth-order valence-corrected chi connectivity index (χ4v) is 4.89. The molecule has 0 amide bonds. The number of para-hydroxylation sites is 1. The summed E-state index contributed by atoms with van der Waals surface area (Å²) >= 11 is 0. The number of aromatic amines is 1. The molecule has 5 rings (SSSR count). The molecule has 1 saturated heterocycles. The molecule has 3 N–H and O–H groups in total. The Morgan fingerprint density at radius 1 is 0.867 bits per heavy atom. The van der Waals surface area contributed by atoms with Crippen LogP contribution in [-0.4, -0.2) is 29.5 Å². The van der Waals surface area contributed by atoms with E-state index in [-0.39, 0.29) is 0 Å². The van der Waals surface area contributed by atoms with Crippen LogP contribution in [-0.2, 0) is 6.42 Å². The number of nitrogen functional groups attached to an aromatic ring is 1. The maximum atomic E-state index is 6.10. The van der Waals surface area contributed by atoms with Gasteiger partial charge in [-0.1, -0.05) is 60.7 Å². The Hall–Kier alpha value is -3.04. The molecule has 1 aliphatic heterocycles. The van der Waals surface area contributed by atoms with E-state index >= 15 is 0 Å². The van der Waals surface area contributed by atoms with E-state index in [1.807, 2.05) is 12.1 Å². The average Bonchev–Trinajstić information content (AvgIpc) is 3.18. The Labute approximate surface area is 178 Å². The van der Waals surface area contributed by atoms with Crippen molar-refractivity contribution < 1.29 is 0 Å². The number of likely N-dealkylation sites (tertiary alicyclic amines) is 1. The Kier molecular flexibility index (Phi) is 5.29. The quantitative estimate of drug-likeness (QED) is 0.417. The van der Waals surface area contributed by atoms with E-state index in [1.54, 1.807) is 0 Å². The highest BCUT2D eigenvalue weighted by atomic mass is 15.1. The summed E-state index contributed by atoms with van der Waals surface area (Å²) in [5, 5.41) is 1.36. The van der Waals surface area contributed by atoms with Gasteiger partial charge in [-0.15, -0.1) is 0 Å². The van der Waals surface area contributed by atoms with E-state index in [0.717, 1.165) is 31.7 Å². The average molecular weight is 396 g/mol. The van der Waals surface area contributed by atoms with Crippen molar-refractivity contribution in [3.8, 4) is 11.3 Å². The number of benzene rings is 3. The Balaban J connectivity index is 1.37. The van der Waals surface area contributed by atoms with Crippen molar-refractivity contribution in [2.45, 2.75) is 25.2 Å². The summed E-state index contributed by atoms with van der Waals surface area (Å²) in [5.74, 6) is 0.575. The lowest BCUT2D eigenvalue weighted by atomic mass is 9.86. The molecule has 0 atom stereocenters. The van der Waals surface area contributed by atoms with Gasteiger partial charge in [-0.3, -0.25) is 0 Å². The van der Waals surface area contributed by atoms with Gasteiger partial charge in [0.1, 0.15) is 0 Å². The zero-order valence-corrected chi connectivity index (χ0v) is 17.4. The number of nitrogens with one attached hydrogen (secondary N) is 1. The van der Waals surface area contributed by atoms with E-state index < -0.39 is 0 Å². The van der Waals surface area contributed by atoms with Crippen molar-refractivity contribution in [1.29, 1.82) is 0 Å². The number of H-pyrrole nitrogens is 1. The van der Waals surface area contributed by atoms with Crippen LogP contribution in [0.15, 0.2) is 78.9 Å². The first kappa shape index (κ1) is 19.0. The van der Waals surface area contributed by atoms with E-state index in [0.29, 0.717) is 5.92 Å². The number of rotatable bonds is 5. The first-order chi connectivity index (χ1) is 14.8. The fourth-order valence-electron chi connectivity index (χ4n) is 4.89. The third kappa shape index (κ3) is 3.86. The number of fused-ring (bicyclic) bond motifs is 1. The van der Waals surface area contributed by atoms with Gasteiger partial charge in [0.2, 0.25) is 0 Å². The van der Waals surface area contributed by atoms with Crippen molar-refractivity contribution >= 4 is 16.6 Å². The van der Waals surface area contributed by atoms with Crippen molar-refractivity contribution in [3.05, 3.63) is 90.0 Å². The number of hydrogen-bond acceptors (Lipinski definition) is 2. The van der Waals surface area contributed by atoms with Gasteiger partial charge in [-0.2, -0.15) is 0 Å². The highest BCUT2D eigenvalue weighted by molar-refractivity contribution is 5.91. The number of nitrogens with zero attached hydrogens (tertiary/aromatic N) is 1. The van der Waals surface area contributed by atoms with Crippen LogP contribution in [0.1, 0.15) is 29.9 Å². The molecule has 3 nitrogen and oxygen atoms in total. The first-order valence-corrected chi connectivity index (χ1v) is 11.0. The van der Waals surface area contributed by atoms with E-state index in [2.05, 4.69) is 76.6 Å². The maximum Gasteiger partial charge on any atom is 0.0500 e. The molecule has 3 aromatic carbocycles. The number of piperidine rings is 1. The molecule has 1 aliphatic rings. The minimum absolute atomic E-state index is 0.575. The van der Waals surface area contributed by atoms with Gasteiger partial charge in [-0.25, -0.2) is 0 Å². The molecule has 4 aromatic rings. The number of aromatic nitrogens is 1. The largest absolute Gasteiger partial charge is 0.399 e. The molecule has 0 bridgehead atoms. The minimum Gasteiger partial charge on any atom is -0.399 e. The zero-order valence-electron chi connectivity index (χ0n) is 17.4. The molecule has 30 heavy (non-hydrogen) atoms. The molecule has 1 aromatic heterocycles. The number of nitrogens with two attached hydrogens (primary N) is 1. The van der Waals surface area contributed by atoms with Crippen LogP contribution in [0, 0.1) is 0 Å². The lowest BCUT2D eigenvalue weighted by Crippen LogP contribution is -2.34. The molecular weight excluding hydrogens is 366 g/mol. The van der Waals surface area contributed by atoms with Gasteiger partial charge in [0.25, 0.3) is 0 Å². The Morgan fingerprint density at radius 3 is 2.43 bits per heavy atom. The second-order valence-electron chi connectivity index (χ2n) is 8.44. The highest BCUT2D eigenvalue weighted by Crippen LogP contribution is 2.40. The van der Waals surface area contributed by atoms with E-state index in [9.17, 15) is 0 Å². The molecular formula is C27H29N3. The SMILES string of the molecule is Nc1cccc(-c2[nH]c3ccccc3c2C2CCN(CCc3ccccc3)CC2)c1. The minimum atomic E-state index is 0.575. The third-order valence-electron chi connectivity index (χ3n) is 6.48. The lowest BCUT2D eigenvalue weighted by molar-refractivity contribution is 0.215. The summed E-state index contributed by atoms with van der Waals surface area (Å²) in [6.07, 6.45) is 3.53. The number of anilines is 1. The third-order valence-corrected chi connectivity index (χ3v) is 6.48. The van der Waals surface area contributed by atoms with Crippen LogP contribution in [0.4, 0.5) is 5.69 Å². The first-order valence-electron chi connectivity index (χ1n) is 11.0. The summed E-state index contributed by atoms with van der Waals surface area (Å²) in [4.78, 5) is 6.32. The van der Waals surface area contributed by atoms with E-state index in [1.165, 1.54) is 46.1 Å². The monoisotopic (exact) mass is 395 g/mol. The summed E-state index contributed by atoms with van der Waals surface area (Å²) in [7, 11) is 0. The molecule has 0 aliphatic carbocycles. The molecule has 2 heterocycles. The molecule has 1 fully saturated rings. The molecule has 152 valence electrons. The Bertz CT molecular complexity index is 1120. The van der Waals surface area contributed by atoms with Gasteiger partial charge < -0.3 is 15.6 Å². The molecule has 0 radical (unpaired) electrons. The van der Waals surface area contributed by atoms with E-state index in [4.69, 9.17) is 5.73 Å². The lowest BCUT2D eigenvalue weighted by Gasteiger charge is -2.32. The maximum absolute atomic E-state index is 6.10. The van der Waals surface area contributed by atoms with Gasteiger partial charge >= 0.3 is 0 Å². The highest BCUT2D eigenvalue weighted by Gasteiger charge is 2.26. The number of hydrogen-bond donors (Lipinski definition) is 2. The van der Waals surface area contributed by atoms with Crippen LogP contribution >= 0.6 is 0 Å². The smallest absolute Gasteiger partial charge is 0.0500 e. The standard InChI is InChI=1S/C27H29N3/c28-23-10-6-9-22(19-23)27-26(24-11-4-5-12-25(24)29-27)21-14-17-30(18-15-21)16-13-20-7-2-1-3-8-20/h1-12,19,21,29H,13-18,28H2. The van der Waals surface area contributed by atoms with Crippen LogP contribution in [0.25, 0.3) is 22.2 Å². The predicted molar refractivity (Wildman–Crippen MR) is 127 cm³/mol. The predicted octanol–water partition coefficient (Wildman–Crippen LogP) is 5.84. The van der Waals surface area contributed by atoms with Gasteiger partial charge in [0.05, 0.1) is 5.69 Å². The fraction of sp³-hybridized carbons (Fsp3) is 0.259. The second-order valence-corrected chi connectivity index (χ2v) is 8.44. The molecule has 0 spiro atoms. The molecule has 0 unspecified atom stereocenters. The topological polar surface area (TPSA) is 45.1 Å².